The molecule has 4 aromatic rings. The minimum absolute atomic E-state index is 0.0263. The molecule has 0 aliphatic heterocycles. The van der Waals surface area contributed by atoms with Crippen molar-refractivity contribution in [3.63, 3.8) is 0 Å². The predicted molar refractivity (Wildman–Crippen MR) is 128 cm³/mol. The zero-order valence-corrected chi connectivity index (χ0v) is 20.5. The molecule has 37 heavy (non-hydrogen) atoms. The van der Waals surface area contributed by atoms with Gasteiger partial charge in [0.25, 0.3) is 15.9 Å². The number of methoxy groups -OCH3 is 1. The molecule has 2 aromatic carbocycles. The van der Waals surface area contributed by atoms with Crippen LogP contribution in [0.5, 0.6) is 5.88 Å². The van der Waals surface area contributed by atoms with Gasteiger partial charge in [0.1, 0.15) is 11.3 Å². The smallest absolute Gasteiger partial charge is 0.272 e. The molecule has 1 fully saturated rings. The summed E-state index contributed by atoms with van der Waals surface area (Å²) in [4.78, 5) is 15.7. The number of fused-ring (bicyclic) bond motifs is 1. The highest BCUT2D eigenvalue weighted by Crippen LogP contribution is 2.36. The van der Waals surface area contributed by atoms with Gasteiger partial charge in [0.15, 0.2) is 22.2 Å². The molecule has 0 saturated heterocycles. The molecule has 0 bridgehead atoms. The Bertz CT molecular complexity index is 1670. The minimum Gasteiger partial charge on any atom is -0.480 e. The summed E-state index contributed by atoms with van der Waals surface area (Å²) < 4.78 is 78.5. The number of nitrogens with zero attached hydrogens (tertiary/aromatic N) is 2. The first-order chi connectivity index (χ1) is 17.6. The summed E-state index contributed by atoms with van der Waals surface area (Å²) in [6.45, 7) is 0. The summed E-state index contributed by atoms with van der Waals surface area (Å²) in [5, 5.41) is 9.08. The van der Waals surface area contributed by atoms with Crippen LogP contribution in [0.3, 0.4) is 0 Å². The average Bonchev–Trinajstić information content (AvgIpc) is 3.56. The summed E-state index contributed by atoms with van der Waals surface area (Å²) in [7, 11) is -3.33. The molecule has 1 amide bonds. The molecule has 0 spiro atoms. The van der Waals surface area contributed by atoms with Gasteiger partial charge in [-0.2, -0.15) is 5.10 Å². The van der Waals surface area contributed by atoms with E-state index in [1.807, 2.05) is 4.72 Å². The maximum atomic E-state index is 15.5. The normalized spacial score (nSPS) is 13.5. The Morgan fingerprint density at radius 3 is 2.62 bits per heavy atom. The molecule has 2 aromatic heterocycles. The molecular weight excluding hydrogens is 535 g/mol. The van der Waals surface area contributed by atoms with E-state index < -0.39 is 55.1 Å². The number of amides is 1. The highest BCUT2D eigenvalue weighted by atomic mass is 35.5. The van der Waals surface area contributed by atoms with Crippen LogP contribution in [0.1, 0.15) is 23.3 Å². The summed E-state index contributed by atoms with van der Waals surface area (Å²) in [6.07, 6.45) is 2.84. The number of sulfonamides is 1. The number of benzene rings is 2. The van der Waals surface area contributed by atoms with Crippen molar-refractivity contribution in [1.29, 1.82) is 0 Å². The van der Waals surface area contributed by atoms with Gasteiger partial charge >= 0.3 is 0 Å². The Kier molecular flexibility index (Phi) is 6.20. The van der Waals surface area contributed by atoms with E-state index >= 15 is 8.78 Å². The fourth-order valence-electron chi connectivity index (χ4n) is 3.73. The number of carbonyl (C=O) groups is 1. The third-order valence-corrected chi connectivity index (χ3v) is 7.24. The zero-order chi connectivity index (χ0) is 26.5. The van der Waals surface area contributed by atoms with Gasteiger partial charge in [-0.1, -0.05) is 17.7 Å². The number of halogens is 4. The third-order valence-electron chi connectivity index (χ3n) is 5.68. The molecule has 0 atom stereocenters. The summed E-state index contributed by atoms with van der Waals surface area (Å²) >= 11 is 5.85. The van der Waals surface area contributed by atoms with Gasteiger partial charge in [-0.05, 0) is 37.1 Å². The Labute approximate surface area is 213 Å². The zero-order valence-electron chi connectivity index (χ0n) is 18.9. The van der Waals surface area contributed by atoms with Crippen molar-refractivity contribution in [2.24, 2.45) is 0 Å². The first-order valence-electron chi connectivity index (χ1n) is 10.8. The lowest BCUT2D eigenvalue weighted by molar-refractivity contribution is 0.0947. The number of hydrogen-bond acceptors (Lipinski definition) is 6. The van der Waals surface area contributed by atoms with Crippen LogP contribution in [-0.2, 0) is 10.0 Å². The number of ether oxygens (including phenoxy) is 1. The van der Waals surface area contributed by atoms with E-state index in [0.717, 1.165) is 43.3 Å². The van der Waals surface area contributed by atoms with Crippen LogP contribution in [0.2, 0.25) is 5.02 Å². The number of carbonyl (C=O) groups excluding carboxylic acids is 1. The number of aromatic nitrogens is 3. The lowest BCUT2D eigenvalue weighted by atomic mass is 10.0. The predicted octanol–water partition coefficient (Wildman–Crippen LogP) is 4.40. The monoisotopic (exact) mass is 551 g/mol. The molecule has 1 aliphatic carbocycles. The molecule has 5 rings (SSSR count). The summed E-state index contributed by atoms with van der Waals surface area (Å²) in [6, 6.07) is 5.11. The number of anilines is 1. The van der Waals surface area contributed by atoms with Crippen LogP contribution in [0, 0.1) is 17.5 Å². The highest BCUT2D eigenvalue weighted by Gasteiger charge is 2.29. The van der Waals surface area contributed by atoms with Crippen molar-refractivity contribution in [3.05, 3.63) is 64.7 Å². The van der Waals surface area contributed by atoms with Gasteiger partial charge in [0.2, 0.25) is 5.88 Å². The van der Waals surface area contributed by atoms with Gasteiger partial charge in [0.05, 0.1) is 23.4 Å². The van der Waals surface area contributed by atoms with E-state index in [2.05, 4.69) is 20.5 Å². The number of rotatable bonds is 7. The van der Waals surface area contributed by atoms with E-state index in [0.29, 0.717) is 0 Å². The number of hydrogen-bond donors (Lipinski definition) is 3. The largest absolute Gasteiger partial charge is 0.480 e. The first kappa shape index (κ1) is 24.8. The van der Waals surface area contributed by atoms with Crippen LogP contribution in [0.4, 0.5) is 18.9 Å². The van der Waals surface area contributed by atoms with E-state index in [9.17, 15) is 17.6 Å². The van der Waals surface area contributed by atoms with Gasteiger partial charge in [-0.15, -0.1) is 0 Å². The first-order valence-corrected chi connectivity index (χ1v) is 12.6. The third kappa shape index (κ3) is 4.55. The number of aromatic amines is 1. The Balaban J connectivity index is 1.55. The number of nitrogens with one attached hydrogen (secondary N) is 3. The standard InChI is InChI=1S/C23H17ClF3N5O4S/c1-36-23-16(8-10(24)9-28-23)37(34,35)32-15-7-6-14(25)17(19(15)27)12-4-5-13-20(18(12)26)30-31-21(13)22(33)29-11-2-3-11/h4-9,11,32H,2-3H2,1H3,(H,29,33)(H,30,31). The van der Waals surface area contributed by atoms with Crippen molar-refractivity contribution in [2.45, 2.75) is 23.8 Å². The van der Waals surface area contributed by atoms with Crippen molar-refractivity contribution in [1.82, 2.24) is 20.5 Å². The van der Waals surface area contributed by atoms with Crippen LogP contribution < -0.4 is 14.8 Å². The lowest BCUT2D eigenvalue weighted by Gasteiger charge is -2.14. The van der Waals surface area contributed by atoms with Gasteiger partial charge in [-0.25, -0.2) is 26.6 Å². The van der Waals surface area contributed by atoms with Crippen molar-refractivity contribution in [3.8, 4) is 17.0 Å². The summed E-state index contributed by atoms with van der Waals surface area (Å²) in [5.74, 6) is -4.40. The second-order valence-electron chi connectivity index (χ2n) is 8.22. The number of H-pyrrole nitrogens is 1. The van der Waals surface area contributed by atoms with Crippen molar-refractivity contribution >= 4 is 44.1 Å². The summed E-state index contributed by atoms with van der Waals surface area (Å²) in [5.41, 5.74) is -2.29. The van der Waals surface area contributed by atoms with E-state index in [1.54, 1.807) is 0 Å². The van der Waals surface area contributed by atoms with Crippen LogP contribution in [-0.4, -0.2) is 42.7 Å². The van der Waals surface area contributed by atoms with E-state index in [-0.39, 0.29) is 33.5 Å². The van der Waals surface area contributed by atoms with Crippen LogP contribution in [0.25, 0.3) is 22.0 Å². The average molecular weight is 552 g/mol. The molecule has 2 heterocycles. The maximum Gasteiger partial charge on any atom is 0.272 e. The van der Waals surface area contributed by atoms with Gasteiger partial charge in [0, 0.05) is 23.2 Å². The van der Waals surface area contributed by atoms with E-state index in [1.165, 1.54) is 13.2 Å². The molecule has 0 unspecified atom stereocenters. The van der Waals surface area contributed by atoms with Crippen LogP contribution in [0.15, 0.2) is 41.4 Å². The topological polar surface area (TPSA) is 126 Å². The Morgan fingerprint density at radius 2 is 1.92 bits per heavy atom. The minimum atomic E-state index is -4.51. The molecule has 1 saturated carbocycles. The van der Waals surface area contributed by atoms with Crippen molar-refractivity contribution < 1.29 is 31.1 Å². The van der Waals surface area contributed by atoms with Crippen LogP contribution >= 0.6 is 11.6 Å². The highest BCUT2D eigenvalue weighted by molar-refractivity contribution is 7.92. The number of pyridine rings is 1. The molecule has 1 aliphatic rings. The van der Waals surface area contributed by atoms with Crippen molar-refractivity contribution in [2.75, 3.05) is 11.8 Å². The fraction of sp³-hybridized carbons (Fsp3) is 0.174. The lowest BCUT2D eigenvalue weighted by Crippen LogP contribution is -2.25. The van der Waals surface area contributed by atoms with Gasteiger partial charge < -0.3 is 10.1 Å². The molecule has 192 valence electrons. The molecule has 0 radical (unpaired) electrons. The maximum absolute atomic E-state index is 15.5. The molecule has 14 heteroatoms. The van der Waals surface area contributed by atoms with E-state index in [4.69, 9.17) is 16.3 Å². The Morgan fingerprint density at radius 1 is 1.16 bits per heavy atom. The second kappa shape index (κ2) is 9.23. The molecule has 9 nitrogen and oxygen atoms in total. The Hall–Kier alpha value is -3.84. The fourth-order valence-corrected chi connectivity index (χ4v) is 5.16. The molecule has 3 N–H and O–H groups in total. The SMILES string of the molecule is COc1ncc(Cl)cc1S(=O)(=O)Nc1ccc(F)c(-c2ccc3c(C(=O)NC4CC4)n[nH]c3c2F)c1F. The quantitative estimate of drug-likeness (QED) is 0.313. The molecular formula is C23H17ClF3N5O4S. The second-order valence-corrected chi connectivity index (χ2v) is 10.3. The van der Waals surface area contributed by atoms with Gasteiger partial charge in [-0.3, -0.25) is 14.6 Å².